The molecule has 0 saturated carbocycles. The first kappa shape index (κ1) is 18.5. The Hall–Kier alpha value is -2.86. The molecule has 0 amide bonds. The highest BCUT2D eigenvalue weighted by Gasteiger charge is 2.21. The van der Waals surface area contributed by atoms with E-state index in [1.807, 2.05) is 0 Å². The molecule has 0 saturated heterocycles. The van der Waals surface area contributed by atoms with E-state index in [2.05, 4.69) is 113 Å². The van der Waals surface area contributed by atoms with Gasteiger partial charge in [0.25, 0.3) is 0 Å². The van der Waals surface area contributed by atoms with Crippen LogP contribution in [-0.4, -0.2) is 0 Å². The fourth-order valence-corrected chi connectivity index (χ4v) is 4.06. The summed E-state index contributed by atoms with van der Waals surface area (Å²) in [5.74, 6) is 0.909. The van der Waals surface area contributed by atoms with Crippen LogP contribution in [0.1, 0.15) is 40.7 Å². The number of rotatable bonds is 3. The number of allylic oxidation sites excluding steroid dienone is 4. The fraction of sp³-hybridized carbons (Fsp3) is 0.214. The quantitative estimate of drug-likeness (QED) is 0.447. The van der Waals surface area contributed by atoms with E-state index in [4.69, 9.17) is 0 Å². The second-order valence-corrected chi connectivity index (χ2v) is 8.17. The standard InChI is InChI=1S/C28H28/c1-19-5-10-23(11-6-19)25-15-16-27(22(4)17-25)28-18-26(14-9-21(28)3)24-12-7-20(2)8-13-24/h5-18,21,28H,1-4H3. The van der Waals surface area contributed by atoms with Crippen molar-refractivity contribution in [2.45, 2.75) is 33.6 Å². The third kappa shape index (κ3) is 3.73. The smallest absolute Gasteiger partial charge is 0.00900 e. The van der Waals surface area contributed by atoms with Crippen molar-refractivity contribution in [3.8, 4) is 11.1 Å². The Balaban J connectivity index is 1.68. The lowest BCUT2D eigenvalue weighted by Gasteiger charge is -2.26. The minimum Gasteiger partial charge on any atom is -0.0802 e. The van der Waals surface area contributed by atoms with Gasteiger partial charge in [0.15, 0.2) is 0 Å². The minimum absolute atomic E-state index is 0.411. The van der Waals surface area contributed by atoms with E-state index in [0.717, 1.165) is 0 Å². The highest BCUT2D eigenvalue weighted by Crippen LogP contribution is 2.37. The van der Waals surface area contributed by atoms with Crippen LogP contribution in [0.15, 0.2) is 85.0 Å². The summed E-state index contributed by atoms with van der Waals surface area (Å²) in [6, 6.07) is 24.6. The first-order valence-electron chi connectivity index (χ1n) is 10.2. The minimum atomic E-state index is 0.411. The van der Waals surface area contributed by atoms with Crippen molar-refractivity contribution < 1.29 is 0 Å². The van der Waals surface area contributed by atoms with Gasteiger partial charge < -0.3 is 0 Å². The van der Waals surface area contributed by atoms with E-state index in [9.17, 15) is 0 Å². The van der Waals surface area contributed by atoms with E-state index in [1.54, 1.807) is 0 Å². The molecular formula is C28H28. The maximum atomic E-state index is 2.45. The van der Waals surface area contributed by atoms with Gasteiger partial charge in [0.2, 0.25) is 0 Å². The molecule has 0 N–H and O–H groups in total. The second kappa shape index (κ2) is 7.64. The SMILES string of the molecule is Cc1ccc(C2=CC(c3ccc(-c4ccc(C)cc4)cc3C)C(C)C=C2)cc1. The fourth-order valence-electron chi connectivity index (χ4n) is 4.06. The molecule has 0 heteroatoms. The summed E-state index contributed by atoms with van der Waals surface area (Å²) >= 11 is 0. The average molecular weight is 365 g/mol. The van der Waals surface area contributed by atoms with Crippen molar-refractivity contribution in [2.24, 2.45) is 5.92 Å². The molecule has 0 fully saturated rings. The van der Waals surface area contributed by atoms with Gasteiger partial charge in [0, 0.05) is 5.92 Å². The van der Waals surface area contributed by atoms with Crippen LogP contribution in [0.2, 0.25) is 0 Å². The van der Waals surface area contributed by atoms with Crippen LogP contribution in [0.5, 0.6) is 0 Å². The molecular weight excluding hydrogens is 336 g/mol. The van der Waals surface area contributed by atoms with Gasteiger partial charge in [0.05, 0.1) is 0 Å². The van der Waals surface area contributed by atoms with Gasteiger partial charge in [-0.2, -0.15) is 0 Å². The van der Waals surface area contributed by atoms with Crippen molar-refractivity contribution in [3.63, 3.8) is 0 Å². The van der Waals surface area contributed by atoms with Crippen molar-refractivity contribution >= 4 is 5.57 Å². The molecule has 140 valence electrons. The molecule has 3 aromatic carbocycles. The third-order valence-corrected chi connectivity index (χ3v) is 5.90. The normalized spacial score (nSPS) is 18.8. The van der Waals surface area contributed by atoms with Crippen LogP contribution in [0.3, 0.4) is 0 Å². The first-order chi connectivity index (χ1) is 13.5. The number of hydrogen-bond donors (Lipinski definition) is 0. The van der Waals surface area contributed by atoms with Crippen molar-refractivity contribution in [3.05, 3.63) is 113 Å². The van der Waals surface area contributed by atoms with Crippen molar-refractivity contribution in [1.82, 2.24) is 0 Å². The summed E-state index contributed by atoms with van der Waals surface area (Å²) in [6.45, 7) is 8.83. The Morgan fingerprint density at radius 2 is 1.21 bits per heavy atom. The van der Waals surface area contributed by atoms with Gasteiger partial charge in [-0.05, 0) is 60.1 Å². The molecule has 28 heavy (non-hydrogen) atoms. The molecule has 3 aromatic rings. The van der Waals surface area contributed by atoms with Crippen molar-refractivity contribution in [1.29, 1.82) is 0 Å². The molecule has 0 bridgehead atoms. The van der Waals surface area contributed by atoms with Crippen molar-refractivity contribution in [2.75, 3.05) is 0 Å². The van der Waals surface area contributed by atoms with Gasteiger partial charge in [0.1, 0.15) is 0 Å². The molecule has 0 spiro atoms. The summed E-state index contributed by atoms with van der Waals surface area (Å²) < 4.78 is 0. The maximum absolute atomic E-state index is 2.45. The molecule has 2 unspecified atom stereocenters. The van der Waals surface area contributed by atoms with E-state index in [-0.39, 0.29) is 0 Å². The van der Waals surface area contributed by atoms with E-state index < -0.39 is 0 Å². The summed E-state index contributed by atoms with van der Waals surface area (Å²) in [5.41, 5.74) is 10.6. The van der Waals surface area contributed by atoms with Crippen LogP contribution in [0.4, 0.5) is 0 Å². The van der Waals surface area contributed by atoms with Crippen LogP contribution < -0.4 is 0 Å². The molecule has 1 aliphatic carbocycles. The van der Waals surface area contributed by atoms with Crippen LogP contribution in [0.25, 0.3) is 16.7 Å². The molecule has 0 aromatic heterocycles. The highest BCUT2D eigenvalue weighted by atomic mass is 14.3. The van der Waals surface area contributed by atoms with Gasteiger partial charge in [-0.15, -0.1) is 0 Å². The lowest BCUT2D eigenvalue weighted by molar-refractivity contribution is 0.634. The largest absolute Gasteiger partial charge is 0.0802 e. The molecule has 0 aliphatic heterocycles. The maximum Gasteiger partial charge on any atom is 0.00900 e. The van der Waals surface area contributed by atoms with E-state index >= 15 is 0 Å². The molecule has 0 radical (unpaired) electrons. The van der Waals surface area contributed by atoms with Gasteiger partial charge >= 0.3 is 0 Å². The Kier molecular flexibility index (Phi) is 5.05. The van der Waals surface area contributed by atoms with E-state index in [1.165, 1.54) is 44.5 Å². The molecule has 0 nitrogen and oxygen atoms in total. The Morgan fingerprint density at radius 3 is 1.82 bits per heavy atom. The Morgan fingerprint density at radius 1 is 0.643 bits per heavy atom. The number of benzene rings is 3. The second-order valence-electron chi connectivity index (χ2n) is 8.17. The third-order valence-electron chi connectivity index (χ3n) is 5.90. The molecule has 4 rings (SSSR count). The Bertz CT molecular complexity index is 1030. The molecule has 1 aliphatic rings. The molecule has 2 atom stereocenters. The number of aryl methyl sites for hydroxylation is 3. The van der Waals surface area contributed by atoms with Crippen LogP contribution in [-0.2, 0) is 0 Å². The summed E-state index contributed by atoms with van der Waals surface area (Å²) in [5, 5.41) is 0. The topological polar surface area (TPSA) is 0 Å². The zero-order valence-electron chi connectivity index (χ0n) is 17.2. The Labute approximate surface area is 169 Å². The lowest BCUT2D eigenvalue weighted by atomic mass is 9.79. The lowest BCUT2D eigenvalue weighted by Crippen LogP contribution is -2.10. The monoisotopic (exact) mass is 364 g/mol. The summed E-state index contributed by atoms with van der Waals surface area (Å²) in [6.07, 6.45) is 7.08. The summed E-state index contributed by atoms with van der Waals surface area (Å²) in [4.78, 5) is 0. The zero-order valence-corrected chi connectivity index (χ0v) is 17.2. The van der Waals surface area contributed by atoms with Crippen LogP contribution >= 0.6 is 0 Å². The van der Waals surface area contributed by atoms with Gasteiger partial charge in [-0.25, -0.2) is 0 Å². The summed E-state index contributed by atoms with van der Waals surface area (Å²) in [7, 11) is 0. The molecule has 0 heterocycles. The average Bonchev–Trinajstić information content (AvgIpc) is 2.70. The zero-order chi connectivity index (χ0) is 19.7. The van der Waals surface area contributed by atoms with Gasteiger partial charge in [-0.3, -0.25) is 0 Å². The van der Waals surface area contributed by atoms with E-state index in [0.29, 0.717) is 11.8 Å². The highest BCUT2D eigenvalue weighted by molar-refractivity contribution is 5.76. The van der Waals surface area contributed by atoms with Gasteiger partial charge in [-0.1, -0.05) is 103 Å². The predicted molar refractivity (Wildman–Crippen MR) is 122 cm³/mol. The predicted octanol–water partition coefficient (Wildman–Crippen LogP) is 7.65. The van der Waals surface area contributed by atoms with Crippen LogP contribution in [0, 0.1) is 26.7 Å². The number of hydrogen-bond acceptors (Lipinski definition) is 0. The first-order valence-corrected chi connectivity index (χ1v) is 10.2.